The molecule has 0 bridgehead atoms. The first-order chi connectivity index (χ1) is 10.6. The summed E-state index contributed by atoms with van der Waals surface area (Å²) in [7, 11) is 0. The Morgan fingerprint density at radius 2 is 1.65 bits per heavy atom. The lowest BCUT2D eigenvalue weighted by Crippen LogP contribution is -2.30. The van der Waals surface area contributed by atoms with Gasteiger partial charge in [0.25, 0.3) is 0 Å². The van der Waals surface area contributed by atoms with E-state index in [-0.39, 0.29) is 30.3 Å². The Labute approximate surface area is 144 Å². The minimum Gasteiger partial charge on any atom is -0.355 e. The van der Waals surface area contributed by atoms with Crippen LogP contribution in [0, 0.1) is 6.92 Å². The molecule has 0 aliphatic carbocycles. The van der Waals surface area contributed by atoms with E-state index in [1.165, 1.54) is 11.1 Å². The Kier molecular flexibility index (Phi) is 7.79. The van der Waals surface area contributed by atoms with Crippen LogP contribution >= 0.6 is 12.4 Å². The number of rotatable bonds is 6. The second-order valence-electron chi connectivity index (χ2n) is 5.84. The van der Waals surface area contributed by atoms with E-state index >= 15 is 0 Å². The number of carbonyl (C=O) groups is 1. The molecular formula is C19H25ClN2O. The molecule has 2 atom stereocenters. The Hall–Kier alpha value is -1.84. The highest BCUT2D eigenvalue weighted by Gasteiger charge is 2.12. The molecule has 0 saturated heterocycles. The van der Waals surface area contributed by atoms with Crippen LogP contribution in [-0.2, 0) is 4.79 Å². The van der Waals surface area contributed by atoms with Crippen molar-refractivity contribution in [3.63, 3.8) is 0 Å². The van der Waals surface area contributed by atoms with Gasteiger partial charge in [0.15, 0.2) is 0 Å². The third-order valence-electron chi connectivity index (χ3n) is 3.88. The van der Waals surface area contributed by atoms with Gasteiger partial charge in [0, 0.05) is 19.0 Å². The molecule has 0 fully saturated rings. The predicted octanol–water partition coefficient (Wildman–Crippen LogP) is 3.73. The number of carbonyl (C=O) groups excluding carboxylic acids is 1. The van der Waals surface area contributed by atoms with Gasteiger partial charge in [0.2, 0.25) is 5.91 Å². The minimum atomic E-state index is -0.254. The zero-order valence-electron chi connectivity index (χ0n) is 13.7. The van der Waals surface area contributed by atoms with Crippen LogP contribution in [0.25, 0.3) is 0 Å². The SMILES string of the molecule is Cc1ccc(C(C)CNC(=O)CC(N)c2ccccc2)cc1.Cl. The number of hydrogen-bond acceptors (Lipinski definition) is 2. The number of aryl methyl sites for hydroxylation is 1. The fraction of sp³-hybridized carbons (Fsp3) is 0.316. The van der Waals surface area contributed by atoms with E-state index in [0.29, 0.717) is 13.0 Å². The lowest BCUT2D eigenvalue weighted by molar-refractivity contribution is -0.121. The molecule has 1 amide bonds. The molecule has 0 aromatic heterocycles. The quantitative estimate of drug-likeness (QED) is 0.847. The first-order valence-electron chi connectivity index (χ1n) is 7.70. The van der Waals surface area contributed by atoms with Crippen LogP contribution < -0.4 is 11.1 Å². The van der Waals surface area contributed by atoms with Gasteiger partial charge in [-0.05, 0) is 24.0 Å². The summed E-state index contributed by atoms with van der Waals surface area (Å²) in [6, 6.07) is 17.9. The number of amides is 1. The van der Waals surface area contributed by atoms with E-state index in [2.05, 4.69) is 43.4 Å². The van der Waals surface area contributed by atoms with Gasteiger partial charge in [-0.1, -0.05) is 67.1 Å². The molecule has 0 aliphatic rings. The van der Waals surface area contributed by atoms with Crippen LogP contribution in [0.3, 0.4) is 0 Å². The molecule has 4 heteroatoms. The van der Waals surface area contributed by atoms with Gasteiger partial charge in [-0.3, -0.25) is 4.79 Å². The van der Waals surface area contributed by atoms with Crippen molar-refractivity contribution < 1.29 is 4.79 Å². The van der Waals surface area contributed by atoms with Crippen molar-refractivity contribution >= 4 is 18.3 Å². The Balaban J connectivity index is 0.00000264. The van der Waals surface area contributed by atoms with Crippen molar-refractivity contribution in [2.75, 3.05) is 6.54 Å². The largest absolute Gasteiger partial charge is 0.355 e. The maximum Gasteiger partial charge on any atom is 0.221 e. The van der Waals surface area contributed by atoms with E-state index in [4.69, 9.17) is 5.73 Å². The average Bonchev–Trinajstić information content (AvgIpc) is 2.54. The fourth-order valence-corrected chi connectivity index (χ4v) is 2.37. The fourth-order valence-electron chi connectivity index (χ4n) is 2.37. The van der Waals surface area contributed by atoms with E-state index in [1.807, 2.05) is 30.3 Å². The molecule has 3 N–H and O–H groups in total. The standard InChI is InChI=1S/C19H24N2O.ClH/c1-14-8-10-16(11-9-14)15(2)13-21-19(22)12-18(20)17-6-4-3-5-7-17;/h3-11,15,18H,12-13,20H2,1-2H3,(H,21,22);1H. The molecule has 0 radical (unpaired) electrons. The maximum absolute atomic E-state index is 12.0. The molecule has 0 spiro atoms. The number of benzene rings is 2. The maximum atomic E-state index is 12.0. The van der Waals surface area contributed by atoms with Crippen LogP contribution in [-0.4, -0.2) is 12.5 Å². The second kappa shape index (κ2) is 9.33. The van der Waals surface area contributed by atoms with Gasteiger partial charge in [-0.2, -0.15) is 0 Å². The molecule has 124 valence electrons. The highest BCUT2D eigenvalue weighted by molar-refractivity contribution is 5.85. The zero-order valence-corrected chi connectivity index (χ0v) is 14.5. The lowest BCUT2D eigenvalue weighted by Gasteiger charge is -2.15. The Morgan fingerprint density at radius 3 is 2.26 bits per heavy atom. The molecule has 3 nitrogen and oxygen atoms in total. The van der Waals surface area contributed by atoms with Crippen LogP contribution in [0.2, 0.25) is 0 Å². The van der Waals surface area contributed by atoms with E-state index in [0.717, 1.165) is 5.56 Å². The van der Waals surface area contributed by atoms with Crippen LogP contribution in [0.5, 0.6) is 0 Å². The zero-order chi connectivity index (χ0) is 15.9. The third-order valence-corrected chi connectivity index (χ3v) is 3.88. The number of hydrogen-bond donors (Lipinski definition) is 2. The molecule has 2 unspecified atom stereocenters. The molecule has 2 aromatic carbocycles. The molecule has 0 aliphatic heterocycles. The number of halogens is 1. The van der Waals surface area contributed by atoms with Crippen LogP contribution in [0.1, 0.15) is 42.0 Å². The molecule has 23 heavy (non-hydrogen) atoms. The van der Waals surface area contributed by atoms with Crippen LogP contribution in [0.4, 0.5) is 0 Å². The summed E-state index contributed by atoms with van der Waals surface area (Å²) in [6.07, 6.45) is 0.310. The highest BCUT2D eigenvalue weighted by atomic mass is 35.5. The molecule has 0 heterocycles. The van der Waals surface area contributed by atoms with Crippen LogP contribution in [0.15, 0.2) is 54.6 Å². The van der Waals surface area contributed by atoms with Crippen molar-refractivity contribution in [3.05, 3.63) is 71.3 Å². The predicted molar refractivity (Wildman–Crippen MR) is 97.8 cm³/mol. The monoisotopic (exact) mass is 332 g/mol. The van der Waals surface area contributed by atoms with E-state index in [9.17, 15) is 4.79 Å². The van der Waals surface area contributed by atoms with Gasteiger partial charge in [0.1, 0.15) is 0 Å². The van der Waals surface area contributed by atoms with Crippen molar-refractivity contribution in [1.82, 2.24) is 5.32 Å². The lowest BCUT2D eigenvalue weighted by atomic mass is 9.99. The summed E-state index contributed by atoms with van der Waals surface area (Å²) in [4.78, 5) is 12.0. The number of nitrogens with two attached hydrogens (primary N) is 1. The average molecular weight is 333 g/mol. The van der Waals surface area contributed by atoms with Gasteiger partial charge in [-0.15, -0.1) is 12.4 Å². The van der Waals surface area contributed by atoms with E-state index < -0.39 is 0 Å². The Bertz CT molecular complexity index is 599. The molecular weight excluding hydrogens is 308 g/mol. The van der Waals surface area contributed by atoms with Crippen molar-refractivity contribution in [2.24, 2.45) is 5.73 Å². The summed E-state index contributed by atoms with van der Waals surface area (Å²) in [5.41, 5.74) is 9.54. The summed E-state index contributed by atoms with van der Waals surface area (Å²) >= 11 is 0. The van der Waals surface area contributed by atoms with Crippen molar-refractivity contribution in [3.8, 4) is 0 Å². The van der Waals surface area contributed by atoms with Gasteiger partial charge in [-0.25, -0.2) is 0 Å². The first kappa shape index (κ1) is 19.2. The smallest absolute Gasteiger partial charge is 0.221 e. The number of nitrogens with one attached hydrogen (secondary N) is 1. The van der Waals surface area contributed by atoms with Crippen molar-refractivity contribution in [1.29, 1.82) is 0 Å². The Morgan fingerprint density at radius 1 is 1.04 bits per heavy atom. The topological polar surface area (TPSA) is 55.1 Å². The molecule has 2 aromatic rings. The summed E-state index contributed by atoms with van der Waals surface area (Å²) in [5, 5.41) is 2.98. The van der Waals surface area contributed by atoms with Gasteiger partial charge < -0.3 is 11.1 Å². The van der Waals surface area contributed by atoms with E-state index in [1.54, 1.807) is 0 Å². The minimum absolute atomic E-state index is 0. The summed E-state index contributed by atoms with van der Waals surface area (Å²) < 4.78 is 0. The first-order valence-corrected chi connectivity index (χ1v) is 7.70. The second-order valence-corrected chi connectivity index (χ2v) is 5.84. The van der Waals surface area contributed by atoms with Gasteiger partial charge in [0.05, 0.1) is 0 Å². The summed E-state index contributed by atoms with van der Waals surface area (Å²) in [6.45, 7) is 4.81. The highest BCUT2D eigenvalue weighted by Crippen LogP contribution is 2.16. The summed E-state index contributed by atoms with van der Waals surface area (Å²) in [5.74, 6) is 0.285. The molecule has 2 rings (SSSR count). The third kappa shape index (κ3) is 6.05. The van der Waals surface area contributed by atoms with Crippen molar-refractivity contribution in [2.45, 2.75) is 32.2 Å². The normalized spacial score (nSPS) is 12.8. The molecule has 0 saturated carbocycles. The van der Waals surface area contributed by atoms with Gasteiger partial charge >= 0.3 is 0 Å².